The zero-order valence-electron chi connectivity index (χ0n) is 14.5. The second kappa shape index (κ2) is 10.1. The van der Waals surface area contributed by atoms with Crippen molar-refractivity contribution < 1.29 is 4.74 Å². The maximum atomic E-state index is 5.08. The van der Waals surface area contributed by atoms with E-state index in [0.717, 1.165) is 38.6 Å². The molecule has 1 aromatic carbocycles. The van der Waals surface area contributed by atoms with Crippen LogP contribution < -0.4 is 10.6 Å². The Labute approximate surface area is 157 Å². The highest BCUT2D eigenvalue weighted by atomic mass is 127. The van der Waals surface area contributed by atoms with E-state index in [0.29, 0.717) is 0 Å². The number of methoxy groups -OCH3 is 1. The van der Waals surface area contributed by atoms with Gasteiger partial charge in [0, 0.05) is 32.2 Å². The van der Waals surface area contributed by atoms with Crippen molar-refractivity contribution >= 4 is 29.9 Å². The van der Waals surface area contributed by atoms with E-state index in [1.54, 1.807) is 7.11 Å². The van der Waals surface area contributed by atoms with Crippen LogP contribution in [0.2, 0.25) is 0 Å². The number of hydrogen-bond acceptors (Lipinski definition) is 2. The van der Waals surface area contributed by atoms with Crippen LogP contribution in [0.25, 0.3) is 0 Å². The minimum Gasteiger partial charge on any atom is -0.385 e. The molecular formula is C18H30IN3O. The van der Waals surface area contributed by atoms with E-state index in [1.165, 1.54) is 24.0 Å². The summed E-state index contributed by atoms with van der Waals surface area (Å²) in [7, 11) is 1.73. The quantitative estimate of drug-likeness (QED) is 0.288. The molecule has 0 atom stereocenters. The second-order valence-electron chi connectivity index (χ2n) is 6.06. The van der Waals surface area contributed by atoms with Gasteiger partial charge in [-0.15, -0.1) is 24.0 Å². The predicted molar refractivity (Wildman–Crippen MR) is 108 cm³/mol. The normalized spacial score (nSPS) is 15.7. The summed E-state index contributed by atoms with van der Waals surface area (Å²) in [5.41, 5.74) is 3.11. The summed E-state index contributed by atoms with van der Waals surface area (Å²) in [4.78, 5) is 4.82. The van der Waals surface area contributed by atoms with Crippen LogP contribution in [-0.4, -0.2) is 39.3 Å². The number of nitrogens with zero attached hydrogens (tertiary/aromatic N) is 1. The summed E-state index contributed by atoms with van der Waals surface area (Å²) in [6.45, 7) is 7.70. The van der Waals surface area contributed by atoms with Crippen LogP contribution in [0.3, 0.4) is 0 Å². The topological polar surface area (TPSA) is 45.7 Å². The lowest BCUT2D eigenvalue weighted by atomic mass is 9.92. The number of aryl methyl sites for hydroxylation is 1. The van der Waals surface area contributed by atoms with Gasteiger partial charge in [-0.2, -0.15) is 0 Å². The number of halogens is 1. The van der Waals surface area contributed by atoms with E-state index in [-0.39, 0.29) is 29.4 Å². The average Bonchev–Trinajstić information content (AvgIpc) is 3.30. The molecular weight excluding hydrogens is 401 g/mol. The lowest BCUT2D eigenvalue weighted by Crippen LogP contribution is -2.38. The number of hydrogen-bond donors (Lipinski definition) is 2. The van der Waals surface area contributed by atoms with Crippen molar-refractivity contribution in [1.29, 1.82) is 0 Å². The lowest BCUT2D eigenvalue weighted by molar-refractivity contribution is 0.195. The third-order valence-electron chi connectivity index (χ3n) is 4.27. The molecule has 0 saturated heterocycles. The van der Waals surface area contributed by atoms with Crippen molar-refractivity contribution in [3.05, 3.63) is 35.4 Å². The molecule has 0 heterocycles. The molecule has 0 unspecified atom stereocenters. The molecule has 1 aromatic rings. The van der Waals surface area contributed by atoms with Crippen LogP contribution in [0.15, 0.2) is 29.3 Å². The van der Waals surface area contributed by atoms with Gasteiger partial charge in [0.1, 0.15) is 0 Å². The van der Waals surface area contributed by atoms with E-state index in [9.17, 15) is 0 Å². The molecule has 2 N–H and O–H groups in total. The van der Waals surface area contributed by atoms with Gasteiger partial charge in [-0.05, 0) is 44.2 Å². The fraction of sp³-hybridized carbons (Fsp3) is 0.611. The van der Waals surface area contributed by atoms with Crippen molar-refractivity contribution in [2.75, 3.05) is 33.4 Å². The van der Waals surface area contributed by atoms with Gasteiger partial charge < -0.3 is 15.4 Å². The third-order valence-corrected chi connectivity index (χ3v) is 4.27. The van der Waals surface area contributed by atoms with Crippen LogP contribution in [0, 0.1) is 6.92 Å². The molecule has 130 valence electrons. The van der Waals surface area contributed by atoms with Gasteiger partial charge in [0.25, 0.3) is 0 Å². The molecule has 0 radical (unpaired) electrons. The molecule has 0 amide bonds. The number of nitrogens with one attached hydrogen (secondary N) is 2. The summed E-state index contributed by atoms with van der Waals surface area (Å²) >= 11 is 0. The first-order valence-electron chi connectivity index (χ1n) is 8.29. The van der Waals surface area contributed by atoms with E-state index < -0.39 is 0 Å². The van der Waals surface area contributed by atoms with E-state index in [1.807, 2.05) is 0 Å². The minimum atomic E-state index is 0. The van der Waals surface area contributed by atoms with Crippen molar-refractivity contribution in [2.24, 2.45) is 4.99 Å². The third kappa shape index (κ3) is 5.95. The molecule has 23 heavy (non-hydrogen) atoms. The van der Waals surface area contributed by atoms with Crippen molar-refractivity contribution in [3.8, 4) is 0 Å². The van der Waals surface area contributed by atoms with Gasteiger partial charge in [0.15, 0.2) is 5.96 Å². The van der Waals surface area contributed by atoms with E-state index in [4.69, 9.17) is 9.73 Å². The Balaban J connectivity index is 0.00000264. The highest BCUT2D eigenvalue weighted by Crippen LogP contribution is 2.49. The monoisotopic (exact) mass is 431 g/mol. The average molecular weight is 431 g/mol. The summed E-state index contributed by atoms with van der Waals surface area (Å²) in [6.07, 6.45) is 3.47. The zero-order valence-corrected chi connectivity index (χ0v) is 16.9. The highest BCUT2D eigenvalue weighted by molar-refractivity contribution is 14.0. The van der Waals surface area contributed by atoms with Gasteiger partial charge in [-0.3, -0.25) is 4.99 Å². The van der Waals surface area contributed by atoms with Crippen LogP contribution in [-0.2, 0) is 10.2 Å². The number of guanidine groups is 1. The first-order valence-corrected chi connectivity index (χ1v) is 8.29. The molecule has 0 spiro atoms. The molecule has 2 rings (SSSR count). The second-order valence-corrected chi connectivity index (χ2v) is 6.06. The Morgan fingerprint density at radius 2 is 2.00 bits per heavy atom. The van der Waals surface area contributed by atoms with Gasteiger partial charge in [0.05, 0.1) is 6.54 Å². The lowest BCUT2D eigenvalue weighted by Gasteiger charge is -2.17. The van der Waals surface area contributed by atoms with Crippen LogP contribution in [0.4, 0.5) is 0 Å². The minimum absolute atomic E-state index is 0. The Bertz CT molecular complexity index is 501. The van der Waals surface area contributed by atoms with Gasteiger partial charge in [-0.25, -0.2) is 0 Å². The Morgan fingerprint density at radius 1 is 1.26 bits per heavy atom. The smallest absolute Gasteiger partial charge is 0.191 e. The Kier molecular flexibility index (Phi) is 8.91. The standard InChI is InChI=1S/C18H29N3O.HI/c1-4-19-17(20-12-7-13-22-3)21-14-18(10-11-18)16-9-6-5-8-15(16)2;/h5-6,8-9H,4,7,10-14H2,1-3H3,(H2,19,20,21);1H. The molecule has 0 aliphatic heterocycles. The fourth-order valence-electron chi connectivity index (χ4n) is 2.83. The molecule has 4 nitrogen and oxygen atoms in total. The van der Waals surface area contributed by atoms with Crippen molar-refractivity contribution in [1.82, 2.24) is 10.6 Å². The molecule has 1 saturated carbocycles. The van der Waals surface area contributed by atoms with Crippen LogP contribution in [0.1, 0.15) is 37.3 Å². The highest BCUT2D eigenvalue weighted by Gasteiger charge is 2.44. The predicted octanol–water partition coefficient (Wildman–Crippen LogP) is 3.24. The zero-order chi connectivity index (χ0) is 15.8. The van der Waals surface area contributed by atoms with Gasteiger partial charge >= 0.3 is 0 Å². The summed E-state index contributed by atoms with van der Waals surface area (Å²) < 4.78 is 5.08. The molecule has 5 heteroatoms. The summed E-state index contributed by atoms with van der Waals surface area (Å²) in [5.74, 6) is 0.915. The number of aliphatic imine (C=N–C) groups is 1. The summed E-state index contributed by atoms with van der Waals surface area (Å²) in [5, 5.41) is 6.70. The first-order chi connectivity index (χ1) is 10.7. The van der Waals surface area contributed by atoms with E-state index >= 15 is 0 Å². The fourth-order valence-corrected chi connectivity index (χ4v) is 2.83. The van der Waals surface area contributed by atoms with Crippen molar-refractivity contribution in [3.63, 3.8) is 0 Å². The first kappa shape index (κ1) is 20.2. The maximum absolute atomic E-state index is 5.08. The maximum Gasteiger partial charge on any atom is 0.191 e. The van der Waals surface area contributed by atoms with Gasteiger partial charge in [-0.1, -0.05) is 24.3 Å². The summed E-state index contributed by atoms with van der Waals surface area (Å²) in [6, 6.07) is 8.71. The van der Waals surface area contributed by atoms with Crippen LogP contribution in [0.5, 0.6) is 0 Å². The molecule has 1 aliphatic rings. The van der Waals surface area contributed by atoms with Crippen LogP contribution >= 0.6 is 24.0 Å². The number of rotatable bonds is 8. The van der Waals surface area contributed by atoms with Gasteiger partial charge in [0.2, 0.25) is 0 Å². The van der Waals surface area contributed by atoms with E-state index in [2.05, 4.69) is 48.7 Å². The SMILES string of the molecule is CCNC(=NCC1(c2ccccc2C)CC1)NCCCOC.I. The molecule has 1 aliphatic carbocycles. The largest absolute Gasteiger partial charge is 0.385 e. The molecule has 0 aromatic heterocycles. The van der Waals surface area contributed by atoms with Crippen molar-refractivity contribution in [2.45, 2.75) is 38.5 Å². The Hall–Kier alpha value is -0.820. The number of ether oxygens (including phenoxy) is 1. The Morgan fingerprint density at radius 3 is 2.61 bits per heavy atom. The number of benzene rings is 1. The molecule has 0 bridgehead atoms. The molecule has 1 fully saturated rings.